The standard InChI is InChI=1S/C33H29N9/c1-40-22-36-28-18-26-27(19-29(28)40)38-33(32(37-26)24-6-3-2-4-7-24)25-10-8-23(9-11-25)21-41-14-5-15-42(17-16-41)31-12-13-35-30(20-34)39-31/h2-4,6-13,18-19,22H,5,14-17,21H2,1H3/p+1. The maximum Gasteiger partial charge on any atom is 0.234 e. The van der Waals surface area contributed by atoms with Crippen LogP contribution in [0.1, 0.15) is 17.8 Å². The van der Waals surface area contributed by atoms with Gasteiger partial charge in [-0.3, -0.25) is 9.80 Å². The maximum absolute atomic E-state index is 9.16. The van der Waals surface area contributed by atoms with Crippen LogP contribution in [-0.2, 0) is 6.54 Å². The number of benzene rings is 3. The molecule has 5 aromatic rings. The molecule has 0 radical (unpaired) electrons. The van der Waals surface area contributed by atoms with E-state index in [1.165, 1.54) is 5.56 Å². The highest BCUT2D eigenvalue weighted by Crippen LogP contribution is 2.34. The smallest absolute Gasteiger partial charge is 0.234 e. The van der Waals surface area contributed by atoms with Crippen molar-refractivity contribution in [2.24, 2.45) is 4.99 Å². The lowest BCUT2D eigenvalue weighted by Gasteiger charge is -2.22. The Morgan fingerprint density at radius 1 is 0.833 bits per heavy atom. The minimum atomic E-state index is 0.214. The molecule has 4 heterocycles. The average molecular weight is 553 g/mol. The van der Waals surface area contributed by atoms with E-state index in [9.17, 15) is 0 Å². The quantitative estimate of drug-likeness (QED) is 0.350. The van der Waals surface area contributed by atoms with Gasteiger partial charge in [0.2, 0.25) is 5.82 Å². The summed E-state index contributed by atoms with van der Waals surface area (Å²) in [7, 11) is 2.08. The van der Waals surface area contributed by atoms with E-state index in [-0.39, 0.29) is 5.82 Å². The van der Waals surface area contributed by atoms with Crippen LogP contribution < -0.4 is 9.80 Å². The molecule has 42 heavy (non-hydrogen) atoms. The molecular formula is C33H30N9+. The molecule has 1 N–H and O–H groups in total. The van der Waals surface area contributed by atoms with E-state index >= 15 is 0 Å². The summed E-state index contributed by atoms with van der Waals surface area (Å²) in [5.74, 6) is 1.04. The molecular weight excluding hydrogens is 522 g/mol. The van der Waals surface area contributed by atoms with Gasteiger partial charge in [-0.15, -0.1) is 0 Å². The molecule has 206 valence electrons. The van der Waals surface area contributed by atoms with Crippen molar-refractivity contribution in [2.75, 3.05) is 38.1 Å². The number of nitriles is 1. The number of aromatic nitrogens is 4. The highest BCUT2D eigenvalue weighted by atomic mass is 15.2. The van der Waals surface area contributed by atoms with Crippen molar-refractivity contribution in [1.82, 2.24) is 24.8 Å². The molecule has 1 saturated heterocycles. The van der Waals surface area contributed by atoms with Crippen LogP contribution in [0.25, 0.3) is 33.5 Å². The second-order valence-corrected chi connectivity index (χ2v) is 10.8. The first-order chi connectivity index (χ1) is 20.6. The molecule has 7 rings (SSSR count). The number of fused-ring (bicyclic) bond motifs is 2. The fraction of sp³-hybridized carbons (Fsp3) is 0.212. The molecule has 1 unspecified atom stereocenters. The predicted octanol–water partition coefficient (Wildman–Crippen LogP) is 4.16. The van der Waals surface area contributed by atoms with Crippen molar-refractivity contribution in [3.05, 3.63) is 90.4 Å². The van der Waals surface area contributed by atoms with E-state index in [1.807, 2.05) is 42.7 Å². The van der Waals surface area contributed by atoms with Crippen LogP contribution >= 0.6 is 0 Å². The summed E-state index contributed by atoms with van der Waals surface area (Å²) in [5, 5.41) is 9.16. The summed E-state index contributed by atoms with van der Waals surface area (Å²) in [5.41, 5.74) is 8.88. The summed E-state index contributed by atoms with van der Waals surface area (Å²) in [6.07, 6.45) is 4.60. The van der Waals surface area contributed by atoms with E-state index in [0.717, 1.165) is 94.8 Å². The lowest BCUT2D eigenvalue weighted by molar-refractivity contribution is -0.693. The summed E-state index contributed by atoms with van der Waals surface area (Å²) < 4.78 is 0. The Labute approximate surface area is 244 Å². The molecule has 0 spiro atoms. The molecule has 1 fully saturated rings. The van der Waals surface area contributed by atoms with Crippen LogP contribution in [0.2, 0.25) is 0 Å². The number of aliphatic imine (C=N–C) groups is 1. The number of hydrogen-bond donors (Lipinski definition) is 1. The molecule has 0 amide bonds. The Kier molecular flexibility index (Phi) is 6.84. The number of nitrogens with zero attached hydrogens (tertiary/aromatic N) is 8. The molecule has 0 aliphatic carbocycles. The Morgan fingerprint density at radius 2 is 1.60 bits per heavy atom. The van der Waals surface area contributed by atoms with Crippen molar-refractivity contribution < 1.29 is 4.90 Å². The third-order valence-electron chi connectivity index (χ3n) is 7.94. The van der Waals surface area contributed by atoms with Gasteiger partial charge in [0.15, 0.2) is 12.0 Å². The zero-order chi connectivity index (χ0) is 28.5. The average Bonchev–Trinajstić information content (AvgIpc) is 3.23. The van der Waals surface area contributed by atoms with Gasteiger partial charge >= 0.3 is 0 Å². The van der Waals surface area contributed by atoms with Gasteiger partial charge in [-0.1, -0.05) is 54.6 Å². The third kappa shape index (κ3) is 5.09. The summed E-state index contributed by atoms with van der Waals surface area (Å²) in [6.45, 7) is 4.57. The zero-order valence-corrected chi connectivity index (χ0v) is 23.4. The molecule has 2 aliphatic heterocycles. The van der Waals surface area contributed by atoms with Gasteiger partial charge in [0.1, 0.15) is 17.6 Å². The maximum atomic E-state index is 9.16. The largest absolute Gasteiger partial charge is 0.355 e. The monoisotopic (exact) mass is 552 g/mol. The first-order valence-electron chi connectivity index (χ1n) is 14.2. The molecule has 0 bridgehead atoms. The topological polar surface area (TPSA) is 98.6 Å². The number of nitrogens with one attached hydrogen (secondary N) is 1. The summed E-state index contributed by atoms with van der Waals surface area (Å²) >= 11 is 0. The second-order valence-electron chi connectivity index (χ2n) is 10.8. The van der Waals surface area contributed by atoms with Crippen molar-refractivity contribution in [3.63, 3.8) is 0 Å². The first kappa shape index (κ1) is 25.9. The Bertz CT molecular complexity index is 1830. The Balaban J connectivity index is 1.14. The molecule has 2 aliphatic rings. The van der Waals surface area contributed by atoms with Gasteiger partial charge in [0, 0.05) is 56.1 Å². The fourth-order valence-corrected chi connectivity index (χ4v) is 5.71. The number of quaternary nitrogens is 1. The summed E-state index contributed by atoms with van der Waals surface area (Å²) in [4.78, 5) is 29.1. The van der Waals surface area contributed by atoms with Gasteiger partial charge in [0.05, 0.1) is 29.5 Å². The van der Waals surface area contributed by atoms with Crippen LogP contribution in [0.15, 0.2) is 84.0 Å². The number of anilines is 1. The molecule has 3 aromatic carbocycles. The third-order valence-corrected chi connectivity index (χ3v) is 7.94. The van der Waals surface area contributed by atoms with Crippen molar-refractivity contribution in [1.29, 1.82) is 5.26 Å². The minimum Gasteiger partial charge on any atom is -0.355 e. The predicted molar refractivity (Wildman–Crippen MR) is 164 cm³/mol. The van der Waals surface area contributed by atoms with E-state index in [2.05, 4.69) is 74.3 Å². The van der Waals surface area contributed by atoms with Gasteiger partial charge in [-0.2, -0.15) is 10.3 Å². The highest BCUT2D eigenvalue weighted by Gasteiger charge is 2.22. The highest BCUT2D eigenvalue weighted by molar-refractivity contribution is 5.91. The van der Waals surface area contributed by atoms with Crippen molar-refractivity contribution in [3.8, 4) is 28.6 Å². The fourth-order valence-electron chi connectivity index (χ4n) is 5.71. The van der Waals surface area contributed by atoms with E-state index in [0.29, 0.717) is 0 Å². The normalized spacial score (nSPS) is 16.8. The minimum absolute atomic E-state index is 0.214. The number of hydrogen-bond acceptors (Lipinski definition) is 8. The molecule has 9 heteroatoms. The van der Waals surface area contributed by atoms with Crippen LogP contribution in [0, 0.1) is 11.3 Å². The lowest BCUT2D eigenvalue weighted by atomic mass is 10.0. The van der Waals surface area contributed by atoms with Crippen LogP contribution in [0.3, 0.4) is 0 Å². The molecule has 0 saturated carbocycles. The van der Waals surface area contributed by atoms with Gasteiger partial charge in [0.25, 0.3) is 0 Å². The van der Waals surface area contributed by atoms with Gasteiger partial charge in [-0.25, -0.2) is 19.9 Å². The van der Waals surface area contributed by atoms with Crippen molar-refractivity contribution in [2.45, 2.75) is 13.0 Å². The van der Waals surface area contributed by atoms with Crippen molar-refractivity contribution >= 4 is 34.6 Å². The first-order valence-corrected chi connectivity index (χ1v) is 14.2. The number of rotatable bonds is 5. The van der Waals surface area contributed by atoms with Gasteiger partial charge < -0.3 is 4.90 Å². The van der Waals surface area contributed by atoms with E-state index in [1.54, 1.807) is 6.20 Å². The van der Waals surface area contributed by atoms with E-state index in [4.69, 9.17) is 15.2 Å². The van der Waals surface area contributed by atoms with Crippen LogP contribution in [0.5, 0.6) is 0 Å². The van der Waals surface area contributed by atoms with E-state index < -0.39 is 0 Å². The van der Waals surface area contributed by atoms with Crippen LogP contribution in [0.4, 0.5) is 17.2 Å². The Hall–Kier alpha value is -5.04. The second kappa shape index (κ2) is 11.1. The lowest BCUT2D eigenvalue weighted by Crippen LogP contribution is -3.01. The zero-order valence-electron chi connectivity index (χ0n) is 23.4. The molecule has 2 aromatic heterocycles. The SMILES string of the molecule is C[NH+]1C=Nc2cc3nc(-c4ccccc4)c(-c4ccc(CN5CCCN(c6ccnc(C#N)n6)CC5)cc4)nc3cc21. The molecule has 1 atom stereocenters. The molecule has 9 nitrogen and oxygen atoms in total. The van der Waals surface area contributed by atoms with Crippen LogP contribution in [-0.4, -0.2) is 64.4 Å². The Morgan fingerprint density at radius 3 is 2.38 bits per heavy atom. The summed E-state index contributed by atoms with van der Waals surface area (Å²) in [6, 6.07) is 27.1. The van der Waals surface area contributed by atoms with Gasteiger partial charge in [-0.05, 0) is 24.1 Å².